The Kier molecular flexibility index (Phi) is 3.14. The minimum Gasteiger partial charge on any atom is -0.359 e. The quantitative estimate of drug-likeness (QED) is 0.483. The molecular formula is C9H13N3. The van der Waals surface area contributed by atoms with Gasteiger partial charge in [-0.15, -0.1) is 0 Å². The summed E-state index contributed by atoms with van der Waals surface area (Å²) in [6.07, 6.45) is 0. The van der Waals surface area contributed by atoms with Crippen molar-refractivity contribution < 1.29 is 0 Å². The van der Waals surface area contributed by atoms with Crippen molar-refractivity contribution in [2.45, 2.75) is 0 Å². The Morgan fingerprint density at radius 2 is 1.92 bits per heavy atom. The molecule has 1 aromatic rings. The van der Waals surface area contributed by atoms with Gasteiger partial charge in [0, 0.05) is 19.8 Å². The monoisotopic (exact) mass is 163 g/mol. The van der Waals surface area contributed by atoms with E-state index in [-0.39, 0.29) is 0 Å². The molecule has 0 bridgehead atoms. The maximum absolute atomic E-state index is 4.00. The zero-order chi connectivity index (χ0) is 8.81. The van der Waals surface area contributed by atoms with Gasteiger partial charge in [0.25, 0.3) is 0 Å². The van der Waals surface area contributed by atoms with Gasteiger partial charge in [0.05, 0.1) is 0 Å². The van der Waals surface area contributed by atoms with Crippen LogP contribution in [0.1, 0.15) is 0 Å². The van der Waals surface area contributed by atoms with Crippen molar-refractivity contribution in [3.05, 3.63) is 30.3 Å². The molecule has 64 valence electrons. The third kappa shape index (κ3) is 2.27. The van der Waals surface area contributed by atoms with Crippen LogP contribution in [0.3, 0.4) is 0 Å². The first-order valence-electron chi connectivity index (χ1n) is 3.83. The molecule has 3 nitrogen and oxygen atoms in total. The number of hydrogen-bond donors (Lipinski definition) is 2. The summed E-state index contributed by atoms with van der Waals surface area (Å²) in [6.45, 7) is 0. The topological polar surface area (TPSA) is 36.4 Å². The summed E-state index contributed by atoms with van der Waals surface area (Å²) in [6, 6.07) is 9.91. The van der Waals surface area contributed by atoms with E-state index in [1.807, 2.05) is 37.4 Å². The van der Waals surface area contributed by atoms with Crippen molar-refractivity contribution in [1.29, 1.82) is 0 Å². The number of para-hydroxylation sites is 1. The molecule has 12 heavy (non-hydrogen) atoms. The van der Waals surface area contributed by atoms with Crippen LogP contribution < -0.4 is 10.6 Å². The van der Waals surface area contributed by atoms with Crippen molar-refractivity contribution >= 4 is 11.6 Å². The van der Waals surface area contributed by atoms with Gasteiger partial charge in [0.15, 0.2) is 5.96 Å². The number of rotatable bonds is 1. The number of nitrogens with one attached hydrogen (secondary N) is 2. The van der Waals surface area contributed by atoms with Crippen molar-refractivity contribution in [3.63, 3.8) is 0 Å². The van der Waals surface area contributed by atoms with E-state index in [4.69, 9.17) is 0 Å². The van der Waals surface area contributed by atoms with Gasteiger partial charge in [-0.25, -0.2) is 0 Å². The standard InChI is InChI=1S/C9H13N3/c1-10-9(11-2)12-8-6-4-3-5-7-8/h3-7H,1-2H3,(H2,10,11,12). The molecule has 0 aliphatic rings. The molecule has 0 aromatic heterocycles. The molecule has 0 amide bonds. The molecule has 0 fully saturated rings. The summed E-state index contributed by atoms with van der Waals surface area (Å²) in [5, 5.41) is 6.06. The lowest BCUT2D eigenvalue weighted by Gasteiger charge is -2.07. The van der Waals surface area contributed by atoms with Gasteiger partial charge in [-0.05, 0) is 12.1 Å². The van der Waals surface area contributed by atoms with Crippen LogP contribution in [0.15, 0.2) is 35.3 Å². The van der Waals surface area contributed by atoms with E-state index < -0.39 is 0 Å². The summed E-state index contributed by atoms with van der Waals surface area (Å²) in [5.41, 5.74) is 1.03. The van der Waals surface area contributed by atoms with Crippen LogP contribution >= 0.6 is 0 Å². The second-order valence-electron chi connectivity index (χ2n) is 2.31. The highest BCUT2D eigenvalue weighted by Gasteiger charge is 1.92. The van der Waals surface area contributed by atoms with Crippen molar-refractivity contribution in [2.24, 2.45) is 4.99 Å². The van der Waals surface area contributed by atoms with Gasteiger partial charge >= 0.3 is 0 Å². The normalized spacial score (nSPS) is 11.0. The Morgan fingerprint density at radius 1 is 1.25 bits per heavy atom. The molecule has 2 N–H and O–H groups in total. The molecule has 0 spiro atoms. The highest BCUT2D eigenvalue weighted by atomic mass is 15.1. The average Bonchev–Trinajstić information content (AvgIpc) is 2.16. The Labute approximate surface area is 72.5 Å². The van der Waals surface area contributed by atoms with E-state index in [2.05, 4.69) is 15.6 Å². The SMILES string of the molecule is CN=C(NC)Nc1ccccc1. The smallest absolute Gasteiger partial charge is 0.195 e. The maximum atomic E-state index is 4.00. The number of guanidine groups is 1. The molecule has 0 saturated carbocycles. The van der Waals surface area contributed by atoms with Crippen molar-refractivity contribution in [2.75, 3.05) is 19.4 Å². The fraction of sp³-hybridized carbons (Fsp3) is 0.222. The number of nitrogens with zero attached hydrogens (tertiary/aromatic N) is 1. The minimum atomic E-state index is 0.765. The molecule has 0 saturated heterocycles. The Morgan fingerprint density at radius 3 is 2.42 bits per heavy atom. The third-order valence-electron chi connectivity index (χ3n) is 1.50. The number of benzene rings is 1. The van der Waals surface area contributed by atoms with Gasteiger partial charge in [0.1, 0.15) is 0 Å². The van der Waals surface area contributed by atoms with Crippen LogP contribution in [-0.2, 0) is 0 Å². The molecule has 0 aliphatic heterocycles. The zero-order valence-corrected chi connectivity index (χ0v) is 7.33. The fourth-order valence-corrected chi connectivity index (χ4v) is 0.888. The van der Waals surface area contributed by atoms with Gasteiger partial charge < -0.3 is 10.6 Å². The molecule has 1 aromatic carbocycles. The second kappa shape index (κ2) is 4.38. The van der Waals surface area contributed by atoms with E-state index in [0.717, 1.165) is 11.6 Å². The lowest BCUT2D eigenvalue weighted by Crippen LogP contribution is -2.26. The lowest BCUT2D eigenvalue weighted by molar-refractivity contribution is 1.14. The first kappa shape index (κ1) is 8.59. The van der Waals surface area contributed by atoms with Crippen molar-refractivity contribution in [3.8, 4) is 0 Å². The third-order valence-corrected chi connectivity index (χ3v) is 1.50. The molecule has 0 unspecified atom stereocenters. The Bertz CT molecular complexity index is 254. The average molecular weight is 163 g/mol. The Hall–Kier alpha value is -1.51. The molecule has 3 heteroatoms. The summed E-state index contributed by atoms with van der Waals surface area (Å²) in [7, 11) is 3.57. The minimum absolute atomic E-state index is 0.765. The molecule has 0 aliphatic carbocycles. The highest BCUT2D eigenvalue weighted by Crippen LogP contribution is 2.03. The lowest BCUT2D eigenvalue weighted by atomic mass is 10.3. The molecular weight excluding hydrogens is 150 g/mol. The van der Waals surface area contributed by atoms with E-state index in [9.17, 15) is 0 Å². The molecule has 1 rings (SSSR count). The van der Waals surface area contributed by atoms with Gasteiger partial charge in [-0.2, -0.15) is 0 Å². The number of anilines is 1. The fourth-order valence-electron chi connectivity index (χ4n) is 0.888. The largest absolute Gasteiger partial charge is 0.359 e. The van der Waals surface area contributed by atoms with Crippen LogP contribution in [0.25, 0.3) is 0 Å². The van der Waals surface area contributed by atoms with E-state index in [1.54, 1.807) is 7.05 Å². The second-order valence-corrected chi connectivity index (χ2v) is 2.31. The van der Waals surface area contributed by atoms with Crippen LogP contribution in [-0.4, -0.2) is 20.1 Å². The van der Waals surface area contributed by atoms with E-state index in [1.165, 1.54) is 0 Å². The first-order chi connectivity index (χ1) is 5.86. The van der Waals surface area contributed by atoms with Gasteiger partial charge in [-0.1, -0.05) is 18.2 Å². The summed E-state index contributed by atoms with van der Waals surface area (Å²) in [5.74, 6) is 0.765. The van der Waals surface area contributed by atoms with Gasteiger partial charge in [0.2, 0.25) is 0 Å². The summed E-state index contributed by atoms with van der Waals surface area (Å²) >= 11 is 0. The van der Waals surface area contributed by atoms with Crippen molar-refractivity contribution in [1.82, 2.24) is 5.32 Å². The maximum Gasteiger partial charge on any atom is 0.195 e. The molecule has 0 heterocycles. The summed E-state index contributed by atoms with van der Waals surface area (Å²) in [4.78, 5) is 4.00. The predicted molar refractivity (Wildman–Crippen MR) is 52.5 cm³/mol. The summed E-state index contributed by atoms with van der Waals surface area (Å²) < 4.78 is 0. The van der Waals surface area contributed by atoms with E-state index >= 15 is 0 Å². The van der Waals surface area contributed by atoms with Crippen LogP contribution in [0.5, 0.6) is 0 Å². The zero-order valence-electron chi connectivity index (χ0n) is 7.33. The first-order valence-corrected chi connectivity index (χ1v) is 3.83. The van der Waals surface area contributed by atoms with E-state index in [0.29, 0.717) is 0 Å². The Balaban J connectivity index is 2.64. The van der Waals surface area contributed by atoms with Gasteiger partial charge in [-0.3, -0.25) is 4.99 Å². The predicted octanol–water partition coefficient (Wildman–Crippen LogP) is 1.30. The van der Waals surface area contributed by atoms with Crippen LogP contribution in [0.2, 0.25) is 0 Å². The molecule has 0 radical (unpaired) electrons. The number of hydrogen-bond acceptors (Lipinski definition) is 1. The number of aliphatic imine (C=N–C) groups is 1. The molecule has 0 atom stereocenters. The van der Waals surface area contributed by atoms with Crippen LogP contribution in [0, 0.1) is 0 Å². The highest BCUT2D eigenvalue weighted by molar-refractivity contribution is 5.93. The van der Waals surface area contributed by atoms with Crippen LogP contribution in [0.4, 0.5) is 5.69 Å².